The summed E-state index contributed by atoms with van der Waals surface area (Å²) < 4.78 is 8.67. The van der Waals surface area contributed by atoms with Gasteiger partial charge in [-0.15, -0.1) is 0 Å². The number of anilines is 1. The third kappa shape index (κ3) is 8.35. The second-order valence-electron chi connectivity index (χ2n) is 14.6. The fourth-order valence-corrected chi connectivity index (χ4v) is 8.58. The van der Waals surface area contributed by atoms with Crippen molar-refractivity contribution in [1.82, 2.24) is 19.3 Å². The number of aliphatic carboxylic acids is 1. The van der Waals surface area contributed by atoms with Crippen LogP contribution in [-0.2, 0) is 39.1 Å². The van der Waals surface area contributed by atoms with E-state index in [0.29, 0.717) is 80.1 Å². The van der Waals surface area contributed by atoms with E-state index in [4.69, 9.17) is 27.9 Å². The number of rotatable bonds is 12. The van der Waals surface area contributed by atoms with E-state index in [0.717, 1.165) is 22.9 Å². The molecule has 284 valence electrons. The number of hydrogen-bond acceptors (Lipinski definition) is 7. The Kier molecular flexibility index (Phi) is 11.7. The first kappa shape index (κ1) is 38.0. The Bertz CT molecular complexity index is 2030. The number of carboxylic acid groups (broad SMARTS) is 1. The summed E-state index contributed by atoms with van der Waals surface area (Å²) in [7, 11) is 1.88. The number of para-hydroxylation sites is 1. The predicted molar refractivity (Wildman–Crippen MR) is 207 cm³/mol. The number of piperazine rings is 1. The summed E-state index contributed by atoms with van der Waals surface area (Å²) in [5, 5.41) is 13.8. The summed E-state index contributed by atoms with van der Waals surface area (Å²) in [5.41, 5.74) is 3.39. The first-order valence-electron chi connectivity index (χ1n) is 18.6. The van der Waals surface area contributed by atoms with Crippen molar-refractivity contribution in [2.45, 2.75) is 70.0 Å². The van der Waals surface area contributed by atoms with Crippen molar-refractivity contribution in [1.29, 1.82) is 0 Å². The highest BCUT2D eigenvalue weighted by molar-refractivity contribution is 6.36. The number of nitrogens with one attached hydrogen (secondary N) is 1. The first-order valence-corrected chi connectivity index (χ1v) is 19.4. The number of Topliss-reactive ketones (excluding diaryl/α,β-unsaturated/α-hetero) is 1. The van der Waals surface area contributed by atoms with Crippen LogP contribution < -0.4 is 5.32 Å². The molecule has 0 bridgehead atoms. The van der Waals surface area contributed by atoms with E-state index in [1.54, 1.807) is 18.3 Å². The fraction of sp³-hybridized carbons (Fsp3) is 0.415. The topological polar surface area (TPSA) is 124 Å². The molecule has 0 spiro atoms. The van der Waals surface area contributed by atoms with Crippen LogP contribution >= 0.6 is 23.2 Å². The monoisotopic (exact) mass is 773 g/mol. The van der Waals surface area contributed by atoms with E-state index in [1.807, 2.05) is 76.0 Å². The quantitative estimate of drug-likeness (QED) is 0.165. The Morgan fingerprint density at radius 3 is 2.41 bits per heavy atom. The van der Waals surface area contributed by atoms with Crippen molar-refractivity contribution >= 4 is 63.4 Å². The summed E-state index contributed by atoms with van der Waals surface area (Å²) in [6, 6.07) is 20.3. The minimum Gasteiger partial charge on any atom is -0.481 e. The van der Waals surface area contributed by atoms with Crippen LogP contribution in [0.3, 0.4) is 0 Å². The minimum atomic E-state index is -0.783. The molecular formula is C41H45Cl2N5O6. The lowest BCUT2D eigenvalue weighted by atomic mass is 9.87. The lowest BCUT2D eigenvalue weighted by Gasteiger charge is -2.45. The number of halogens is 2. The van der Waals surface area contributed by atoms with Gasteiger partial charge < -0.3 is 24.6 Å². The molecule has 11 nitrogen and oxygen atoms in total. The van der Waals surface area contributed by atoms with E-state index >= 15 is 0 Å². The van der Waals surface area contributed by atoms with Gasteiger partial charge in [-0.25, -0.2) is 0 Å². The Hall–Kier alpha value is -4.26. The number of carbonyl (C=O) groups is 4. The molecule has 2 atom stereocenters. The molecule has 2 N–H and O–H groups in total. The van der Waals surface area contributed by atoms with Crippen LogP contribution in [0.5, 0.6) is 0 Å². The van der Waals surface area contributed by atoms with Crippen LogP contribution in [0, 0.1) is 5.92 Å². The van der Waals surface area contributed by atoms with E-state index in [1.165, 1.54) is 0 Å². The number of amides is 2. The molecule has 2 aliphatic heterocycles. The number of ketones is 1. The zero-order valence-corrected chi connectivity index (χ0v) is 31.8. The molecule has 3 aromatic carbocycles. The highest BCUT2D eigenvalue weighted by atomic mass is 35.5. The van der Waals surface area contributed by atoms with Gasteiger partial charge in [-0.05, 0) is 67.9 Å². The lowest BCUT2D eigenvalue weighted by Crippen LogP contribution is -2.61. The molecular weight excluding hydrogens is 729 g/mol. The van der Waals surface area contributed by atoms with Gasteiger partial charge >= 0.3 is 5.97 Å². The van der Waals surface area contributed by atoms with Crippen molar-refractivity contribution in [3.63, 3.8) is 0 Å². The molecule has 0 radical (unpaired) electrons. The predicted octanol–water partition coefficient (Wildman–Crippen LogP) is 6.60. The van der Waals surface area contributed by atoms with Crippen LogP contribution in [0.15, 0.2) is 72.9 Å². The number of likely N-dealkylation sites (tertiary alicyclic amines) is 1. The Morgan fingerprint density at radius 2 is 1.67 bits per heavy atom. The average Bonchev–Trinajstić information content (AvgIpc) is 3.79. The molecule has 0 unspecified atom stereocenters. The number of aromatic nitrogens is 1. The van der Waals surface area contributed by atoms with Crippen LogP contribution in [0.2, 0.25) is 10.0 Å². The van der Waals surface area contributed by atoms with Gasteiger partial charge in [-0.1, -0.05) is 71.7 Å². The fourth-order valence-electron chi connectivity index (χ4n) is 8.11. The maximum atomic E-state index is 14.2. The highest BCUT2D eigenvalue weighted by Crippen LogP contribution is 2.34. The number of carbonyl (C=O) groups excluding carboxylic acids is 3. The largest absolute Gasteiger partial charge is 0.481 e. The SMILES string of the molecule is Cn1cc(C(=O)Nc2cc(Cl)c(CC(=O)[C@@H]3CCCN3[C@@H](OC3CCC(C(=O)O)CC3)N3CCN(Cc4ccccc4)C(=O)C3)cc2Cl)c2ccccc21. The third-order valence-corrected chi connectivity index (χ3v) is 11.7. The van der Waals surface area contributed by atoms with Gasteiger partial charge in [0.15, 0.2) is 12.1 Å². The molecule has 3 heterocycles. The molecule has 3 fully saturated rings. The number of carboxylic acids is 1. The number of ether oxygens (including phenoxy) is 1. The van der Waals surface area contributed by atoms with Gasteiger partial charge in [0.1, 0.15) is 0 Å². The van der Waals surface area contributed by atoms with E-state index < -0.39 is 18.4 Å². The van der Waals surface area contributed by atoms with E-state index in [-0.39, 0.29) is 47.6 Å². The van der Waals surface area contributed by atoms with Gasteiger partial charge in [0.25, 0.3) is 5.91 Å². The van der Waals surface area contributed by atoms with Crippen LogP contribution in [0.4, 0.5) is 5.69 Å². The number of benzene rings is 3. The molecule has 1 aliphatic carbocycles. The van der Waals surface area contributed by atoms with Gasteiger partial charge in [0.2, 0.25) is 5.91 Å². The maximum absolute atomic E-state index is 14.2. The summed E-state index contributed by atoms with van der Waals surface area (Å²) in [6.07, 6.45) is 4.62. The number of hydrogen-bond donors (Lipinski definition) is 2. The van der Waals surface area contributed by atoms with Crippen molar-refractivity contribution < 1.29 is 29.0 Å². The molecule has 2 saturated heterocycles. The van der Waals surface area contributed by atoms with Gasteiger partial charge in [-0.2, -0.15) is 0 Å². The standard InChI is InChI=1S/C41H45Cl2N5O6/c1-45-24-31(30-10-5-6-11-35(30)45)39(51)44-34-22-32(42)28(20-33(34)43)21-37(49)36-12-7-17-48(36)41(54-29-15-13-27(14-16-29)40(52)53)47-19-18-46(38(50)25-47)23-26-8-3-2-4-9-26/h2-6,8-11,20,22,24,27,29,36,41H,7,12-19,21,23,25H2,1H3,(H,44,51)(H,52,53)/t27?,29?,36-,41-/m0/s1. The summed E-state index contributed by atoms with van der Waals surface area (Å²) >= 11 is 13.5. The third-order valence-electron chi connectivity index (χ3n) is 11.1. The Morgan fingerprint density at radius 1 is 0.926 bits per heavy atom. The minimum absolute atomic E-state index is 0.00980. The molecule has 1 saturated carbocycles. The van der Waals surface area contributed by atoms with Gasteiger partial charge in [-0.3, -0.25) is 29.0 Å². The lowest BCUT2D eigenvalue weighted by molar-refractivity contribution is -0.202. The molecule has 54 heavy (non-hydrogen) atoms. The van der Waals surface area contributed by atoms with Crippen LogP contribution in [0.25, 0.3) is 10.9 Å². The van der Waals surface area contributed by atoms with Gasteiger partial charge in [0.05, 0.1) is 40.9 Å². The summed E-state index contributed by atoms with van der Waals surface area (Å²) in [6.45, 7) is 2.37. The summed E-state index contributed by atoms with van der Waals surface area (Å²) in [5.74, 6) is -1.55. The number of nitrogens with zero attached hydrogens (tertiary/aromatic N) is 4. The molecule has 1 aromatic heterocycles. The van der Waals surface area contributed by atoms with Crippen LogP contribution in [0.1, 0.15) is 60.0 Å². The zero-order valence-electron chi connectivity index (χ0n) is 30.3. The smallest absolute Gasteiger partial charge is 0.306 e. The summed E-state index contributed by atoms with van der Waals surface area (Å²) in [4.78, 5) is 58.6. The molecule has 3 aliphatic rings. The van der Waals surface area contributed by atoms with E-state index in [2.05, 4.69) is 10.2 Å². The van der Waals surface area contributed by atoms with Crippen molar-refractivity contribution in [3.05, 3.63) is 99.7 Å². The van der Waals surface area contributed by atoms with Crippen molar-refractivity contribution in [2.24, 2.45) is 13.0 Å². The van der Waals surface area contributed by atoms with Crippen molar-refractivity contribution in [2.75, 3.05) is 31.5 Å². The molecule has 13 heteroatoms. The maximum Gasteiger partial charge on any atom is 0.306 e. The van der Waals surface area contributed by atoms with Gasteiger partial charge in [0, 0.05) is 61.8 Å². The zero-order chi connectivity index (χ0) is 37.9. The number of aryl methyl sites for hydroxylation is 1. The second kappa shape index (κ2) is 16.6. The molecule has 7 rings (SSSR count). The highest BCUT2D eigenvalue weighted by Gasteiger charge is 2.42. The molecule has 4 aromatic rings. The van der Waals surface area contributed by atoms with Crippen LogP contribution in [-0.4, -0.2) is 92.6 Å². The van der Waals surface area contributed by atoms with E-state index in [9.17, 15) is 24.3 Å². The first-order chi connectivity index (χ1) is 26.0. The van der Waals surface area contributed by atoms with Crippen molar-refractivity contribution in [3.8, 4) is 0 Å². The Labute approximate surface area is 324 Å². The second-order valence-corrected chi connectivity index (χ2v) is 15.4. The number of fused-ring (bicyclic) bond motifs is 1. The Balaban J connectivity index is 1.06. The normalized spacial score (nSPS) is 21.7. The molecule has 2 amide bonds. The average molecular weight is 775 g/mol.